The number of rotatable bonds is 2. The van der Waals surface area contributed by atoms with Gasteiger partial charge < -0.3 is 5.32 Å². The largest absolute Gasteiger partial charge is 0.355 e. The van der Waals surface area contributed by atoms with E-state index in [1.165, 1.54) is 0 Å². The van der Waals surface area contributed by atoms with Gasteiger partial charge in [-0.25, -0.2) is 0 Å². The Hall–Kier alpha value is -2.42. The molecule has 3 nitrogen and oxygen atoms in total. The Bertz CT molecular complexity index is 630. The lowest BCUT2D eigenvalue weighted by Gasteiger charge is -2.08. The van der Waals surface area contributed by atoms with Crippen molar-refractivity contribution >= 4 is 22.3 Å². The zero-order valence-corrected chi connectivity index (χ0v) is 9.17. The van der Waals surface area contributed by atoms with Crippen molar-refractivity contribution in [2.45, 2.75) is 0 Å². The first-order valence-corrected chi connectivity index (χ1v) is 5.44. The third-order valence-corrected chi connectivity index (χ3v) is 2.61. The first-order valence-electron chi connectivity index (χ1n) is 5.44. The number of pyridine rings is 2. The van der Waals surface area contributed by atoms with Crippen molar-refractivity contribution in [2.75, 3.05) is 5.32 Å². The molecule has 0 aliphatic heterocycles. The van der Waals surface area contributed by atoms with Crippen molar-refractivity contribution < 1.29 is 0 Å². The number of aromatic nitrogens is 2. The Morgan fingerprint density at radius 3 is 2.53 bits per heavy atom. The second-order valence-electron chi connectivity index (χ2n) is 3.74. The number of nitrogens with zero attached hydrogens (tertiary/aromatic N) is 2. The molecule has 0 bridgehead atoms. The lowest BCUT2D eigenvalue weighted by molar-refractivity contribution is 1.32. The van der Waals surface area contributed by atoms with Crippen molar-refractivity contribution in [3.8, 4) is 0 Å². The summed E-state index contributed by atoms with van der Waals surface area (Å²) >= 11 is 0. The third-order valence-electron chi connectivity index (χ3n) is 2.61. The molecule has 0 atom stereocenters. The molecule has 0 saturated carbocycles. The number of nitrogens with one attached hydrogen (secondary N) is 1. The molecule has 0 aliphatic rings. The molecular weight excluding hydrogens is 210 g/mol. The van der Waals surface area contributed by atoms with Crippen LogP contribution in [-0.2, 0) is 0 Å². The maximum absolute atomic E-state index is 4.33. The molecule has 1 N–H and O–H groups in total. The van der Waals surface area contributed by atoms with Gasteiger partial charge in [0.1, 0.15) is 0 Å². The minimum atomic E-state index is 0.992. The van der Waals surface area contributed by atoms with Gasteiger partial charge in [0.15, 0.2) is 0 Å². The van der Waals surface area contributed by atoms with Crippen molar-refractivity contribution in [1.29, 1.82) is 0 Å². The van der Waals surface area contributed by atoms with Crippen LogP contribution >= 0.6 is 0 Å². The van der Waals surface area contributed by atoms with Crippen molar-refractivity contribution in [3.05, 3.63) is 61.1 Å². The highest BCUT2D eigenvalue weighted by atomic mass is 14.9. The lowest BCUT2D eigenvalue weighted by Crippen LogP contribution is -1.92. The van der Waals surface area contributed by atoms with Gasteiger partial charge in [0.2, 0.25) is 0 Å². The molecule has 0 spiro atoms. The predicted molar refractivity (Wildman–Crippen MR) is 69.3 cm³/mol. The average Bonchev–Trinajstić information content (AvgIpc) is 2.40. The Morgan fingerprint density at radius 1 is 0.824 bits per heavy atom. The van der Waals surface area contributed by atoms with Crippen LogP contribution in [0.5, 0.6) is 0 Å². The van der Waals surface area contributed by atoms with Crippen molar-refractivity contribution in [3.63, 3.8) is 0 Å². The molecule has 3 rings (SSSR count). The van der Waals surface area contributed by atoms with E-state index in [1.54, 1.807) is 12.4 Å². The fourth-order valence-corrected chi connectivity index (χ4v) is 1.80. The summed E-state index contributed by atoms with van der Waals surface area (Å²) in [4.78, 5) is 8.33. The summed E-state index contributed by atoms with van der Waals surface area (Å²) < 4.78 is 0. The topological polar surface area (TPSA) is 37.8 Å². The van der Waals surface area contributed by atoms with E-state index in [1.807, 2.05) is 42.6 Å². The first kappa shape index (κ1) is 9.78. The molecule has 0 unspecified atom stereocenters. The van der Waals surface area contributed by atoms with Gasteiger partial charge in [0.05, 0.1) is 5.52 Å². The Labute approximate surface area is 99.2 Å². The average molecular weight is 221 g/mol. The highest BCUT2D eigenvalue weighted by molar-refractivity contribution is 5.92. The molecule has 2 heterocycles. The van der Waals surface area contributed by atoms with Crippen LogP contribution in [-0.4, -0.2) is 9.97 Å². The molecule has 0 fully saturated rings. The van der Waals surface area contributed by atoms with E-state index in [9.17, 15) is 0 Å². The lowest BCUT2D eigenvalue weighted by atomic mass is 10.2. The van der Waals surface area contributed by atoms with Gasteiger partial charge >= 0.3 is 0 Å². The van der Waals surface area contributed by atoms with Gasteiger partial charge in [-0.15, -0.1) is 0 Å². The summed E-state index contributed by atoms with van der Waals surface area (Å²) in [6, 6.07) is 13.9. The zero-order valence-electron chi connectivity index (χ0n) is 9.17. The minimum absolute atomic E-state index is 0.992. The smallest absolute Gasteiger partial charge is 0.0722 e. The van der Waals surface area contributed by atoms with E-state index in [0.717, 1.165) is 22.3 Å². The fourth-order valence-electron chi connectivity index (χ4n) is 1.80. The summed E-state index contributed by atoms with van der Waals surface area (Å²) in [6.45, 7) is 0. The van der Waals surface area contributed by atoms with Crippen molar-refractivity contribution in [2.24, 2.45) is 0 Å². The van der Waals surface area contributed by atoms with E-state index in [2.05, 4.69) is 21.4 Å². The summed E-state index contributed by atoms with van der Waals surface area (Å²) in [5.74, 6) is 0. The number of hydrogen-bond acceptors (Lipinski definition) is 3. The van der Waals surface area contributed by atoms with Crippen LogP contribution in [0.2, 0.25) is 0 Å². The van der Waals surface area contributed by atoms with Gasteiger partial charge in [0, 0.05) is 35.4 Å². The van der Waals surface area contributed by atoms with Crippen molar-refractivity contribution in [1.82, 2.24) is 9.97 Å². The minimum Gasteiger partial charge on any atom is -0.355 e. The molecule has 0 aliphatic carbocycles. The normalized spacial score (nSPS) is 10.4. The molecule has 3 aromatic rings. The maximum Gasteiger partial charge on any atom is 0.0722 e. The summed E-state index contributed by atoms with van der Waals surface area (Å²) in [7, 11) is 0. The highest BCUT2D eigenvalue weighted by Crippen LogP contribution is 2.24. The van der Waals surface area contributed by atoms with Crippen LogP contribution in [0.1, 0.15) is 0 Å². The van der Waals surface area contributed by atoms with E-state index in [-0.39, 0.29) is 0 Å². The SMILES string of the molecule is c1ccc2c(Nc3ccncc3)ccnc2c1. The zero-order chi connectivity index (χ0) is 11.5. The monoisotopic (exact) mass is 221 g/mol. The fraction of sp³-hybridized carbons (Fsp3) is 0. The van der Waals surface area contributed by atoms with Gasteiger partial charge in [-0.1, -0.05) is 18.2 Å². The van der Waals surface area contributed by atoms with Gasteiger partial charge in [-0.2, -0.15) is 0 Å². The standard InChI is InChI=1S/C14H11N3/c1-2-4-13-12(3-1)14(7-10-16-13)17-11-5-8-15-9-6-11/h1-10H,(H,15,16,17). The number of hydrogen-bond donors (Lipinski definition) is 1. The molecule has 3 heteroatoms. The molecule has 82 valence electrons. The number of anilines is 2. The van der Waals surface area contributed by atoms with Crippen LogP contribution < -0.4 is 5.32 Å². The summed E-state index contributed by atoms with van der Waals surface area (Å²) in [5.41, 5.74) is 3.07. The van der Waals surface area contributed by atoms with Gasteiger partial charge in [0.25, 0.3) is 0 Å². The van der Waals surface area contributed by atoms with E-state index in [4.69, 9.17) is 0 Å². The van der Waals surface area contributed by atoms with E-state index >= 15 is 0 Å². The summed E-state index contributed by atoms with van der Waals surface area (Å²) in [6.07, 6.45) is 5.35. The predicted octanol–water partition coefficient (Wildman–Crippen LogP) is 3.37. The molecular formula is C14H11N3. The molecule has 2 aromatic heterocycles. The number of fused-ring (bicyclic) bond motifs is 1. The first-order chi connectivity index (χ1) is 8.43. The van der Waals surface area contributed by atoms with Crippen LogP contribution in [0.25, 0.3) is 10.9 Å². The van der Waals surface area contributed by atoms with Crippen LogP contribution in [0, 0.1) is 0 Å². The Morgan fingerprint density at radius 2 is 1.65 bits per heavy atom. The van der Waals surface area contributed by atoms with Crippen LogP contribution in [0.15, 0.2) is 61.1 Å². The van der Waals surface area contributed by atoms with Gasteiger partial charge in [-0.05, 0) is 24.3 Å². The molecule has 0 radical (unpaired) electrons. The highest BCUT2D eigenvalue weighted by Gasteiger charge is 2.00. The number of benzene rings is 1. The molecule has 0 saturated heterocycles. The van der Waals surface area contributed by atoms with Crippen LogP contribution in [0.4, 0.5) is 11.4 Å². The molecule has 17 heavy (non-hydrogen) atoms. The quantitative estimate of drug-likeness (QED) is 0.721. The number of para-hydroxylation sites is 1. The molecule has 0 amide bonds. The third kappa shape index (κ3) is 1.95. The Balaban J connectivity index is 2.06. The van der Waals surface area contributed by atoms with Crippen LogP contribution in [0.3, 0.4) is 0 Å². The second kappa shape index (κ2) is 4.22. The van der Waals surface area contributed by atoms with E-state index in [0.29, 0.717) is 0 Å². The second-order valence-corrected chi connectivity index (χ2v) is 3.74. The summed E-state index contributed by atoms with van der Waals surface area (Å²) in [5, 5.41) is 4.48. The van der Waals surface area contributed by atoms with E-state index < -0.39 is 0 Å². The maximum atomic E-state index is 4.33. The molecule has 1 aromatic carbocycles. The Kier molecular flexibility index (Phi) is 2.43. The van der Waals surface area contributed by atoms with Gasteiger partial charge in [-0.3, -0.25) is 9.97 Å².